The molecule has 33 heavy (non-hydrogen) atoms. The van der Waals surface area contributed by atoms with E-state index in [2.05, 4.69) is 34.8 Å². The largest absolute Gasteiger partial charge is 0.385 e. The van der Waals surface area contributed by atoms with E-state index in [1.54, 1.807) is 14.2 Å². The second-order valence-corrected chi connectivity index (χ2v) is 9.03. The Hall–Kier alpha value is -2.07. The highest BCUT2D eigenvalue weighted by Gasteiger charge is 2.41. The number of rotatable bonds is 11. The summed E-state index contributed by atoms with van der Waals surface area (Å²) in [5.74, 6) is 0.0434. The van der Waals surface area contributed by atoms with Gasteiger partial charge in [0.15, 0.2) is 0 Å². The Morgan fingerprint density at radius 3 is 2.82 bits per heavy atom. The standard InChI is InChI=1S/C24H37N5O4/c1-5-19-23-21(28(15-26-23)9-6-10-31-3)11-20(27-19)16(2)29(18-7-8-18)24(30)22-12-25-17(13-32-4)14-33-22/h11,15-18,22,25H,5-10,12-14H2,1-4H3/t16-,17+,22-/m1/s1. The zero-order valence-corrected chi connectivity index (χ0v) is 20.2. The topological polar surface area (TPSA) is 90.7 Å². The summed E-state index contributed by atoms with van der Waals surface area (Å²) in [7, 11) is 3.39. The van der Waals surface area contributed by atoms with Crippen LogP contribution in [0.1, 0.15) is 50.5 Å². The van der Waals surface area contributed by atoms with Crippen LogP contribution in [0.15, 0.2) is 12.4 Å². The number of carbonyl (C=O) groups is 1. The number of ether oxygens (including phenoxy) is 3. The molecule has 1 aliphatic carbocycles. The van der Waals surface area contributed by atoms with E-state index in [9.17, 15) is 4.79 Å². The fraction of sp³-hybridized carbons (Fsp3) is 0.708. The summed E-state index contributed by atoms with van der Waals surface area (Å²) in [6, 6.07) is 2.35. The van der Waals surface area contributed by atoms with Crippen molar-refractivity contribution in [2.45, 2.75) is 70.3 Å². The number of morpholine rings is 1. The number of hydrogen-bond acceptors (Lipinski definition) is 7. The van der Waals surface area contributed by atoms with Crippen molar-refractivity contribution in [2.24, 2.45) is 0 Å². The quantitative estimate of drug-likeness (QED) is 0.515. The van der Waals surface area contributed by atoms with E-state index in [-0.39, 0.29) is 24.0 Å². The summed E-state index contributed by atoms with van der Waals surface area (Å²) in [5.41, 5.74) is 3.90. The molecular formula is C24H37N5O4. The molecule has 3 atom stereocenters. The van der Waals surface area contributed by atoms with Crippen LogP contribution in [0.5, 0.6) is 0 Å². The number of pyridine rings is 1. The van der Waals surface area contributed by atoms with E-state index in [1.165, 1.54) is 0 Å². The van der Waals surface area contributed by atoms with E-state index in [1.807, 2.05) is 11.2 Å². The summed E-state index contributed by atoms with van der Waals surface area (Å²) in [4.78, 5) is 25.1. The summed E-state index contributed by atoms with van der Waals surface area (Å²) in [5, 5.41) is 3.38. The predicted octanol–water partition coefficient (Wildman–Crippen LogP) is 2.09. The van der Waals surface area contributed by atoms with Crippen LogP contribution < -0.4 is 5.32 Å². The fourth-order valence-corrected chi connectivity index (χ4v) is 4.60. The molecule has 1 aliphatic heterocycles. The Morgan fingerprint density at radius 1 is 1.36 bits per heavy atom. The van der Waals surface area contributed by atoms with Crippen molar-refractivity contribution in [3.05, 3.63) is 23.8 Å². The van der Waals surface area contributed by atoms with Gasteiger partial charge in [-0.2, -0.15) is 0 Å². The Balaban J connectivity index is 1.56. The molecule has 2 aliphatic rings. The van der Waals surface area contributed by atoms with Crippen LogP contribution in [0, 0.1) is 0 Å². The number of fused-ring (bicyclic) bond motifs is 1. The van der Waals surface area contributed by atoms with Gasteiger partial charge in [0.05, 0.1) is 48.5 Å². The van der Waals surface area contributed by atoms with Crippen LogP contribution >= 0.6 is 0 Å². The van der Waals surface area contributed by atoms with E-state index in [0.717, 1.165) is 54.6 Å². The van der Waals surface area contributed by atoms with Crippen LogP contribution in [0.4, 0.5) is 0 Å². The van der Waals surface area contributed by atoms with Crippen LogP contribution in [-0.4, -0.2) is 84.1 Å². The van der Waals surface area contributed by atoms with E-state index in [0.29, 0.717) is 26.4 Å². The number of carbonyl (C=O) groups excluding carboxylic acids is 1. The minimum absolute atomic E-state index is 0.0434. The smallest absolute Gasteiger partial charge is 0.253 e. The van der Waals surface area contributed by atoms with Gasteiger partial charge in [0.2, 0.25) is 0 Å². The lowest BCUT2D eigenvalue weighted by molar-refractivity contribution is -0.150. The lowest BCUT2D eigenvalue weighted by Gasteiger charge is -2.36. The number of amides is 1. The average molecular weight is 460 g/mol. The first-order chi connectivity index (χ1) is 16.1. The predicted molar refractivity (Wildman–Crippen MR) is 125 cm³/mol. The normalized spacial score (nSPS) is 21.9. The maximum atomic E-state index is 13.5. The number of imidazole rings is 1. The minimum Gasteiger partial charge on any atom is -0.385 e. The molecule has 2 fully saturated rings. The SMILES string of the molecule is CCc1nc([C@@H](C)N(C(=O)[C@H]2CN[C@@H](COC)CO2)C2CC2)cc2c1ncn2CCCOC. The zero-order valence-electron chi connectivity index (χ0n) is 20.2. The van der Waals surface area contributed by atoms with Crippen molar-refractivity contribution in [2.75, 3.05) is 40.6 Å². The van der Waals surface area contributed by atoms with E-state index in [4.69, 9.17) is 19.2 Å². The van der Waals surface area contributed by atoms with Crippen molar-refractivity contribution in [3.8, 4) is 0 Å². The maximum absolute atomic E-state index is 13.5. The van der Waals surface area contributed by atoms with Gasteiger partial charge in [0.1, 0.15) is 11.6 Å². The first-order valence-electron chi connectivity index (χ1n) is 12.1. The van der Waals surface area contributed by atoms with E-state index < -0.39 is 6.10 Å². The molecule has 0 radical (unpaired) electrons. The molecule has 1 N–H and O–H groups in total. The number of nitrogens with one attached hydrogen (secondary N) is 1. The third-order valence-corrected chi connectivity index (χ3v) is 6.56. The summed E-state index contributed by atoms with van der Waals surface area (Å²) in [6.45, 7) is 7.27. The maximum Gasteiger partial charge on any atom is 0.253 e. The lowest BCUT2D eigenvalue weighted by Crippen LogP contribution is -2.55. The van der Waals surface area contributed by atoms with Gasteiger partial charge >= 0.3 is 0 Å². The molecule has 1 amide bonds. The Kier molecular flexibility index (Phi) is 7.95. The van der Waals surface area contributed by atoms with E-state index >= 15 is 0 Å². The molecular weight excluding hydrogens is 422 g/mol. The zero-order chi connectivity index (χ0) is 23.4. The van der Waals surface area contributed by atoms with Crippen molar-refractivity contribution in [1.29, 1.82) is 0 Å². The first kappa shape index (κ1) is 24.1. The van der Waals surface area contributed by atoms with Crippen LogP contribution in [0.3, 0.4) is 0 Å². The number of methoxy groups -OCH3 is 2. The van der Waals surface area contributed by atoms with Gasteiger partial charge in [-0.1, -0.05) is 6.92 Å². The van der Waals surface area contributed by atoms with Gasteiger partial charge in [0.25, 0.3) is 5.91 Å². The van der Waals surface area contributed by atoms with Gasteiger partial charge < -0.3 is 29.0 Å². The van der Waals surface area contributed by atoms with Crippen LogP contribution in [0.2, 0.25) is 0 Å². The monoisotopic (exact) mass is 459 g/mol. The van der Waals surface area contributed by atoms with Crippen molar-refractivity contribution in [1.82, 2.24) is 24.8 Å². The number of hydrogen-bond donors (Lipinski definition) is 1. The van der Waals surface area contributed by atoms with Gasteiger partial charge in [0, 0.05) is 40.0 Å². The van der Waals surface area contributed by atoms with Crippen LogP contribution in [-0.2, 0) is 32.0 Å². The second kappa shape index (κ2) is 10.9. The molecule has 9 nitrogen and oxygen atoms in total. The Morgan fingerprint density at radius 2 is 2.18 bits per heavy atom. The molecule has 2 aromatic heterocycles. The Bertz CT molecular complexity index is 936. The lowest BCUT2D eigenvalue weighted by atomic mass is 10.1. The number of aryl methyl sites for hydroxylation is 2. The van der Waals surface area contributed by atoms with Gasteiger partial charge in [-0.15, -0.1) is 0 Å². The molecule has 0 spiro atoms. The fourth-order valence-electron chi connectivity index (χ4n) is 4.60. The Labute approximate surface area is 195 Å². The van der Waals surface area contributed by atoms with Crippen molar-refractivity contribution < 1.29 is 19.0 Å². The van der Waals surface area contributed by atoms with Gasteiger partial charge in [-0.3, -0.25) is 9.78 Å². The average Bonchev–Trinajstić information content (AvgIpc) is 3.58. The summed E-state index contributed by atoms with van der Waals surface area (Å²) in [6.07, 6.45) is 5.17. The van der Waals surface area contributed by atoms with Gasteiger partial charge in [-0.05, 0) is 38.7 Å². The minimum atomic E-state index is -0.477. The summed E-state index contributed by atoms with van der Waals surface area (Å²) >= 11 is 0. The third kappa shape index (κ3) is 5.37. The highest BCUT2D eigenvalue weighted by Crippen LogP contribution is 2.36. The number of nitrogens with zero attached hydrogens (tertiary/aromatic N) is 4. The van der Waals surface area contributed by atoms with Crippen molar-refractivity contribution >= 4 is 16.9 Å². The molecule has 0 unspecified atom stereocenters. The molecule has 9 heteroatoms. The third-order valence-electron chi connectivity index (χ3n) is 6.56. The molecule has 4 rings (SSSR count). The second-order valence-electron chi connectivity index (χ2n) is 9.03. The number of aromatic nitrogens is 3. The molecule has 2 aromatic rings. The summed E-state index contributed by atoms with van der Waals surface area (Å²) < 4.78 is 18.5. The van der Waals surface area contributed by atoms with Gasteiger partial charge in [-0.25, -0.2) is 4.98 Å². The van der Waals surface area contributed by atoms with Crippen LogP contribution in [0.25, 0.3) is 11.0 Å². The molecule has 1 saturated carbocycles. The highest BCUT2D eigenvalue weighted by atomic mass is 16.5. The molecule has 0 aromatic carbocycles. The first-order valence-corrected chi connectivity index (χ1v) is 12.1. The molecule has 0 bridgehead atoms. The van der Waals surface area contributed by atoms with Crippen molar-refractivity contribution in [3.63, 3.8) is 0 Å². The molecule has 182 valence electrons. The highest BCUT2D eigenvalue weighted by molar-refractivity contribution is 5.83. The molecule has 1 saturated heterocycles. The molecule has 3 heterocycles.